The van der Waals surface area contributed by atoms with Crippen molar-refractivity contribution < 1.29 is 13.6 Å². The standard InChI is InChI=1S/C9H8F2O/c1-6-2-3-8(9(10)11)7(4-6)5-12/h2-5,9H,1H3. The molecule has 0 heterocycles. The number of hydrogen-bond acceptors (Lipinski definition) is 1. The van der Waals surface area contributed by atoms with Crippen molar-refractivity contribution in [1.29, 1.82) is 0 Å². The van der Waals surface area contributed by atoms with Crippen LogP contribution in [0, 0.1) is 6.92 Å². The number of halogens is 2. The molecule has 1 rings (SSSR count). The van der Waals surface area contributed by atoms with Crippen LogP contribution >= 0.6 is 0 Å². The molecule has 0 aliphatic rings. The highest BCUT2D eigenvalue weighted by molar-refractivity contribution is 5.77. The third-order valence-electron chi connectivity index (χ3n) is 1.60. The van der Waals surface area contributed by atoms with Gasteiger partial charge in [-0.2, -0.15) is 0 Å². The largest absolute Gasteiger partial charge is 0.298 e. The van der Waals surface area contributed by atoms with E-state index in [1.165, 1.54) is 12.1 Å². The first-order valence-corrected chi connectivity index (χ1v) is 3.49. The maximum atomic E-state index is 12.2. The Hall–Kier alpha value is -1.25. The summed E-state index contributed by atoms with van der Waals surface area (Å²) < 4.78 is 24.4. The van der Waals surface area contributed by atoms with Crippen molar-refractivity contribution in [3.63, 3.8) is 0 Å². The van der Waals surface area contributed by atoms with Crippen LogP contribution in [0.5, 0.6) is 0 Å². The monoisotopic (exact) mass is 170 g/mol. The van der Waals surface area contributed by atoms with Gasteiger partial charge in [-0.1, -0.05) is 17.7 Å². The van der Waals surface area contributed by atoms with Crippen molar-refractivity contribution in [2.75, 3.05) is 0 Å². The zero-order chi connectivity index (χ0) is 9.14. The van der Waals surface area contributed by atoms with Gasteiger partial charge in [-0.25, -0.2) is 8.78 Å². The van der Waals surface area contributed by atoms with Crippen LogP contribution in [0.2, 0.25) is 0 Å². The van der Waals surface area contributed by atoms with E-state index in [0.29, 0.717) is 6.29 Å². The summed E-state index contributed by atoms with van der Waals surface area (Å²) >= 11 is 0. The van der Waals surface area contributed by atoms with Crippen molar-refractivity contribution >= 4 is 6.29 Å². The molecule has 1 nitrogen and oxygen atoms in total. The van der Waals surface area contributed by atoms with Gasteiger partial charge in [0, 0.05) is 11.1 Å². The summed E-state index contributed by atoms with van der Waals surface area (Å²) in [4.78, 5) is 10.4. The molecular weight excluding hydrogens is 162 g/mol. The lowest BCUT2D eigenvalue weighted by molar-refractivity contribution is 0.110. The maximum absolute atomic E-state index is 12.2. The smallest absolute Gasteiger partial charge is 0.264 e. The maximum Gasteiger partial charge on any atom is 0.264 e. The van der Waals surface area contributed by atoms with E-state index in [0.717, 1.165) is 5.56 Å². The molecule has 0 aromatic heterocycles. The van der Waals surface area contributed by atoms with Crippen LogP contribution in [-0.4, -0.2) is 6.29 Å². The van der Waals surface area contributed by atoms with Gasteiger partial charge < -0.3 is 0 Å². The van der Waals surface area contributed by atoms with Gasteiger partial charge in [-0.15, -0.1) is 0 Å². The molecule has 1 aromatic rings. The Morgan fingerprint density at radius 3 is 2.58 bits per heavy atom. The van der Waals surface area contributed by atoms with Gasteiger partial charge in [0.2, 0.25) is 0 Å². The number of aryl methyl sites for hydroxylation is 1. The predicted octanol–water partition coefficient (Wildman–Crippen LogP) is 2.75. The summed E-state index contributed by atoms with van der Waals surface area (Å²) in [6.45, 7) is 1.75. The summed E-state index contributed by atoms with van der Waals surface area (Å²) in [5.74, 6) is 0. The van der Waals surface area contributed by atoms with Gasteiger partial charge in [0.15, 0.2) is 6.29 Å². The molecule has 0 saturated carbocycles. The lowest BCUT2D eigenvalue weighted by Crippen LogP contribution is -1.93. The Labute approximate surface area is 69.0 Å². The van der Waals surface area contributed by atoms with Crippen molar-refractivity contribution in [3.8, 4) is 0 Å². The first kappa shape index (κ1) is 8.84. The highest BCUT2D eigenvalue weighted by atomic mass is 19.3. The fourth-order valence-electron chi connectivity index (χ4n) is 0.995. The van der Waals surface area contributed by atoms with E-state index in [1.54, 1.807) is 13.0 Å². The SMILES string of the molecule is Cc1ccc(C(F)F)c(C=O)c1. The molecule has 3 heteroatoms. The van der Waals surface area contributed by atoms with Gasteiger partial charge in [0.25, 0.3) is 6.43 Å². The van der Waals surface area contributed by atoms with E-state index in [-0.39, 0.29) is 11.1 Å². The lowest BCUT2D eigenvalue weighted by atomic mass is 10.1. The predicted molar refractivity (Wildman–Crippen MR) is 41.5 cm³/mol. The molecular formula is C9H8F2O. The number of alkyl halides is 2. The number of benzene rings is 1. The molecule has 0 aliphatic heterocycles. The summed E-state index contributed by atoms with van der Waals surface area (Å²) in [5.41, 5.74) is 0.683. The fourth-order valence-corrected chi connectivity index (χ4v) is 0.995. The highest BCUT2D eigenvalue weighted by Crippen LogP contribution is 2.22. The third kappa shape index (κ3) is 1.67. The van der Waals surface area contributed by atoms with Crippen molar-refractivity contribution in [1.82, 2.24) is 0 Å². The minimum Gasteiger partial charge on any atom is -0.298 e. The molecule has 0 radical (unpaired) electrons. The molecule has 12 heavy (non-hydrogen) atoms. The normalized spacial score (nSPS) is 10.3. The third-order valence-corrected chi connectivity index (χ3v) is 1.60. The quantitative estimate of drug-likeness (QED) is 0.623. The molecule has 0 atom stereocenters. The minimum absolute atomic E-state index is 0.0741. The number of carbonyl (C=O) groups is 1. The van der Waals surface area contributed by atoms with Crippen LogP contribution in [0.4, 0.5) is 8.78 Å². The molecule has 0 amide bonds. The molecule has 0 aliphatic carbocycles. The Kier molecular flexibility index (Phi) is 2.53. The van der Waals surface area contributed by atoms with E-state index in [4.69, 9.17) is 0 Å². The molecule has 64 valence electrons. The van der Waals surface area contributed by atoms with Crippen molar-refractivity contribution in [3.05, 3.63) is 34.9 Å². The first-order valence-electron chi connectivity index (χ1n) is 3.49. The Bertz CT molecular complexity index is 295. The summed E-state index contributed by atoms with van der Waals surface area (Å²) in [6, 6.07) is 4.30. The lowest BCUT2D eigenvalue weighted by Gasteiger charge is -2.03. The molecule has 0 N–H and O–H groups in total. The average molecular weight is 170 g/mol. The van der Waals surface area contributed by atoms with Gasteiger partial charge >= 0.3 is 0 Å². The van der Waals surface area contributed by atoms with Gasteiger partial charge in [-0.05, 0) is 13.0 Å². The molecule has 0 bridgehead atoms. The van der Waals surface area contributed by atoms with Crippen LogP contribution in [0.15, 0.2) is 18.2 Å². The van der Waals surface area contributed by atoms with Crippen molar-refractivity contribution in [2.45, 2.75) is 13.3 Å². The van der Waals surface area contributed by atoms with Crippen LogP contribution < -0.4 is 0 Å². The molecule has 0 fully saturated rings. The van der Waals surface area contributed by atoms with E-state index >= 15 is 0 Å². The zero-order valence-corrected chi connectivity index (χ0v) is 6.55. The van der Waals surface area contributed by atoms with E-state index < -0.39 is 6.43 Å². The number of carbonyl (C=O) groups excluding carboxylic acids is 1. The van der Waals surface area contributed by atoms with Crippen LogP contribution in [-0.2, 0) is 0 Å². The van der Waals surface area contributed by atoms with Crippen LogP contribution in [0.1, 0.15) is 27.9 Å². The number of hydrogen-bond donors (Lipinski definition) is 0. The Morgan fingerprint density at radius 2 is 2.08 bits per heavy atom. The van der Waals surface area contributed by atoms with Gasteiger partial charge in [-0.3, -0.25) is 4.79 Å². The topological polar surface area (TPSA) is 17.1 Å². The molecule has 0 saturated heterocycles. The Morgan fingerprint density at radius 1 is 1.42 bits per heavy atom. The molecule has 0 spiro atoms. The summed E-state index contributed by atoms with van der Waals surface area (Å²) in [5, 5.41) is 0. The Balaban J connectivity index is 3.20. The second kappa shape index (κ2) is 3.43. The van der Waals surface area contributed by atoms with Crippen LogP contribution in [0.3, 0.4) is 0 Å². The second-order valence-corrected chi connectivity index (χ2v) is 2.55. The zero-order valence-electron chi connectivity index (χ0n) is 6.55. The average Bonchev–Trinajstić information content (AvgIpc) is 2.03. The van der Waals surface area contributed by atoms with E-state index in [1.807, 2.05) is 0 Å². The minimum atomic E-state index is -2.58. The van der Waals surface area contributed by atoms with E-state index in [9.17, 15) is 13.6 Å². The highest BCUT2D eigenvalue weighted by Gasteiger charge is 2.11. The van der Waals surface area contributed by atoms with Crippen LogP contribution in [0.25, 0.3) is 0 Å². The van der Waals surface area contributed by atoms with Gasteiger partial charge in [0.05, 0.1) is 0 Å². The second-order valence-electron chi connectivity index (χ2n) is 2.55. The van der Waals surface area contributed by atoms with Crippen molar-refractivity contribution in [2.24, 2.45) is 0 Å². The molecule has 1 aromatic carbocycles. The fraction of sp³-hybridized carbons (Fsp3) is 0.222. The van der Waals surface area contributed by atoms with E-state index in [2.05, 4.69) is 0 Å². The number of aldehydes is 1. The first-order chi connectivity index (χ1) is 5.65. The summed E-state index contributed by atoms with van der Waals surface area (Å²) in [7, 11) is 0. The number of rotatable bonds is 2. The van der Waals surface area contributed by atoms with Gasteiger partial charge in [0.1, 0.15) is 0 Å². The molecule has 0 unspecified atom stereocenters. The summed E-state index contributed by atoms with van der Waals surface area (Å²) in [6.07, 6.45) is -2.13.